The minimum atomic E-state index is -3.39. The van der Waals surface area contributed by atoms with E-state index in [1.54, 1.807) is 0 Å². The molecule has 1 aliphatic carbocycles. The van der Waals surface area contributed by atoms with E-state index in [1.807, 2.05) is 0 Å². The van der Waals surface area contributed by atoms with Crippen molar-refractivity contribution in [2.24, 2.45) is 5.73 Å². The van der Waals surface area contributed by atoms with Crippen molar-refractivity contribution in [3.05, 3.63) is 0 Å². The zero-order valence-electron chi connectivity index (χ0n) is 9.61. The Kier molecular flexibility index (Phi) is 5.63. The summed E-state index contributed by atoms with van der Waals surface area (Å²) in [5.74, 6) is 0. The Balaban J connectivity index is 2.29. The second-order valence-corrected chi connectivity index (χ2v) is 5.65. The molecule has 1 aliphatic rings. The van der Waals surface area contributed by atoms with Crippen LogP contribution in [0.1, 0.15) is 25.7 Å². The molecule has 0 aromatic rings. The highest BCUT2D eigenvalue weighted by atomic mass is 32.2. The Labute approximate surface area is 97.1 Å². The summed E-state index contributed by atoms with van der Waals surface area (Å²) in [7, 11) is -1.86. The molecule has 96 valence electrons. The molecule has 16 heavy (non-hydrogen) atoms. The topological polar surface area (TPSA) is 93.4 Å². The summed E-state index contributed by atoms with van der Waals surface area (Å²) in [6.07, 6.45) is 3.38. The zero-order chi connectivity index (χ0) is 12.0. The summed E-state index contributed by atoms with van der Waals surface area (Å²) in [5.41, 5.74) is 5.75. The molecule has 0 radical (unpaired) electrons. The van der Waals surface area contributed by atoms with Crippen LogP contribution in [0.3, 0.4) is 0 Å². The summed E-state index contributed by atoms with van der Waals surface area (Å²) in [6.45, 7) is 0.661. The fourth-order valence-corrected chi connectivity index (χ4v) is 2.89. The highest BCUT2D eigenvalue weighted by Crippen LogP contribution is 2.17. The molecule has 1 rings (SSSR count). The van der Waals surface area contributed by atoms with Gasteiger partial charge in [0.05, 0.1) is 6.61 Å². The Morgan fingerprint density at radius 1 is 1.31 bits per heavy atom. The quantitative estimate of drug-likeness (QED) is 0.546. The van der Waals surface area contributed by atoms with E-state index in [2.05, 4.69) is 9.44 Å². The van der Waals surface area contributed by atoms with Gasteiger partial charge in [-0.15, -0.1) is 0 Å². The van der Waals surface area contributed by atoms with Crippen LogP contribution in [0, 0.1) is 0 Å². The van der Waals surface area contributed by atoms with E-state index in [0.29, 0.717) is 6.61 Å². The number of hydrogen-bond acceptors (Lipinski definition) is 4. The van der Waals surface area contributed by atoms with Crippen LogP contribution in [-0.4, -0.2) is 40.8 Å². The summed E-state index contributed by atoms with van der Waals surface area (Å²) in [5, 5.41) is 0. The van der Waals surface area contributed by atoms with Gasteiger partial charge in [0.25, 0.3) is 10.2 Å². The first-order valence-electron chi connectivity index (χ1n) is 5.55. The summed E-state index contributed by atoms with van der Waals surface area (Å²) >= 11 is 0. The normalized spacial score (nSPS) is 26.9. The molecule has 0 spiro atoms. The molecule has 0 saturated heterocycles. The molecular formula is C9H21N3O3S. The molecule has 0 bridgehead atoms. The fourth-order valence-electron chi connectivity index (χ4n) is 1.78. The maximum atomic E-state index is 11.5. The van der Waals surface area contributed by atoms with Crippen molar-refractivity contribution in [2.75, 3.05) is 20.3 Å². The fraction of sp³-hybridized carbons (Fsp3) is 1.00. The first-order valence-corrected chi connectivity index (χ1v) is 7.03. The lowest BCUT2D eigenvalue weighted by molar-refractivity contribution is 0.204. The van der Waals surface area contributed by atoms with E-state index >= 15 is 0 Å². The standard InChI is InChI=1S/C9H21N3O3S/c1-15-7-6-11-16(13,14)12-9-4-2-8(10)3-5-9/h8-9,11-12H,2-7,10H2,1H3. The van der Waals surface area contributed by atoms with Crippen molar-refractivity contribution in [1.29, 1.82) is 0 Å². The van der Waals surface area contributed by atoms with Gasteiger partial charge in [0.15, 0.2) is 0 Å². The minimum absolute atomic E-state index is 0.0137. The maximum Gasteiger partial charge on any atom is 0.277 e. The van der Waals surface area contributed by atoms with E-state index in [1.165, 1.54) is 7.11 Å². The van der Waals surface area contributed by atoms with Crippen LogP contribution in [0.2, 0.25) is 0 Å². The first kappa shape index (κ1) is 13.9. The van der Waals surface area contributed by atoms with E-state index < -0.39 is 10.2 Å². The SMILES string of the molecule is COCCNS(=O)(=O)NC1CCC(N)CC1. The Morgan fingerprint density at radius 2 is 1.94 bits per heavy atom. The molecule has 0 unspecified atom stereocenters. The second-order valence-electron chi connectivity index (χ2n) is 4.12. The molecule has 0 atom stereocenters. The van der Waals surface area contributed by atoms with Crippen molar-refractivity contribution in [3.8, 4) is 0 Å². The third kappa shape index (κ3) is 5.22. The van der Waals surface area contributed by atoms with Crippen molar-refractivity contribution >= 4 is 10.2 Å². The minimum Gasteiger partial charge on any atom is -0.383 e. The van der Waals surface area contributed by atoms with Crippen LogP contribution in [0.4, 0.5) is 0 Å². The Morgan fingerprint density at radius 3 is 2.50 bits per heavy atom. The summed E-state index contributed by atoms with van der Waals surface area (Å²) in [6, 6.07) is 0.238. The third-order valence-corrected chi connectivity index (χ3v) is 3.92. The molecule has 0 heterocycles. The van der Waals surface area contributed by atoms with Gasteiger partial charge in [-0.25, -0.2) is 0 Å². The Bertz CT molecular complexity index is 286. The highest BCUT2D eigenvalue weighted by molar-refractivity contribution is 7.87. The average molecular weight is 251 g/mol. The van der Waals surface area contributed by atoms with E-state index in [-0.39, 0.29) is 18.6 Å². The Hall–Kier alpha value is -0.210. The monoisotopic (exact) mass is 251 g/mol. The van der Waals surface area contributed by atoms with Gasteiger partial charge < -0.3 is 10.5 Å². The lowest BCUT2D eigenvalue weighted by atomic mass is 9.93. The van der Waals surface area contributed by atoms with Gasteiger partial charge in [-0.1, -0.05) is 0 Å². The molecule has 0 amide bonds. The number of ether oxygens (including phenoxy) is 1. The number of methoxy groups -OCH3 is 1. The van der Waals surface area contributed by atoms with Gasteiger partial charge in [0.1, 0.15) is 0 Å². The van der Waals surface area contributed by atoms with Crippen LogP contribution in [0.15, 0.2) is 0 Å². The number of rotatable bonds is 6. The average Bonchev–Trinajstić information content (AvgIpc) is 2.21. The van der Waals surface area contributed by atoms with Crippen LogP contribution in [0.5, 0.6) is 0 Å². The molecule has 4 N–H and O–H groups in total. The van der Waals surface area contributed by atoms with Crippen LogP contribution >= 0.6 is 0 Å². The lowest BCUT2D eigenvalue weighted by Gasteiger charge is -2.26. The van der Waals surface area contributed by atoms with Gasteiger partial charge in [-0.05, 0) is 25.7 Å². The number of nitrogens with one attached hydrogen (secondary N) is 2. The van der Waals surface area contributed by atoms with Crippen LogP contribution in [-0.2, 0) is 14.9 Å². The van der Waals surface area contributed by atoms with E-state index in [0.717, 1.165) is 25.7 Å². The van der Waals surface area contributed by atoms with E-state index in [4.69, 9.17) is 10.5 Å². The molecule has 0 aliphatic heterocycles. The van der Waals surface area contributed by atoms with Crippen molar-refractivity contribution in [1.82, 2.24) is 9.44 Å². The lowest BCUT2D eigenvalue weighted by Crippen LogP contribution is -2.46. The van der Waals surface area contributed by atoms with Crippen LogP contribution in [0.25, 0.3) is 0 Å². The summed E-state index contributed by atoms with van der Waals surface area (Å²) < 4.78 is 32.9. The molecule has 1 fully saturated rings. The summed E-state index contributed by atoms with van der Waals surface area (Å²) in [4.78, 5) is 0. The largest absolute Gasteiger partial charge is 0.383 e. The highest BCUT2D eigenvalue weighted by Gasteiger charge is 2.22. The van der Waals surface area contributed by atoms with Gasteiger partial charge >= 0.3 is 0 Å². The first-order chi connectivity index (χ1) is 7.53. The maximum absolute atomic E-state index is 11.5. The molecule has 7 heteroatoms. The predicted octanol–water partition coefficient (Wildman–Crippen LogP) is -0.673. The molecule has 0 aromatic heterocycles. The third-order valence-electron chi connectivity index (χ3n) is 2.69. The number of hydrogen-bond donors (Lipinski definition) is 3. The zero-order valence-corrected chi connectivity index (χ0v) is 10.4. The van der Waals surface area contributed by atoms with Crippen LogP contribution < -0.4 is 15.2 Å². The number of nitrogens with two attached hydrogens (primary N) is 1. The smallest absolute Gasteiger partial charge is 0.277 e. The molecule has 1 saturated carbocycles. The second kappa shape index (κ2) is 6.51. The van der Waals surface area contributed by atoms with Gasteiger partial charge in [0.2, 0.25) is 0 Å². The van der Waals surface area contributed by atoms with Crippen molar-refractivity contribution < 1.29 is 13.2 Å². The molecule has 0 aromatic carbocycles. The molecular weight excluding hydrogens is 230 g/mol. The van der Waals surface area contributed by atoms with Crippen molar-refractivity contribution in [2.45, 2.75) is 37.8 Å². The predicted molar refractivity (Wildman–Crippen MR) is 62.2 cm³/mol. The van der Waals surface area contributed by atoms with Gasteiger partial charge in [0, 0.05) is 25.7 Å². The van der Waals surface area contributed by atoms with E-state index in [9.17, 15) is 8.42 Å². The molecule has 6 nitrogen and oxygen atoms in total. The van der Waals surface area contributed by atoms with Gasteiger partial charge in [-0.3, -0.25) is 0 Å². The van der Waals surface area contributed by atoms with Gasteiger partial charge in [-0.2, -0.15) is 17.9 Å². The van der Waals surface area contributed by atoms with Crippen molar-refractivity contribution in [3.63, 3.8) is 0 Å².